The molecule has 0 saturated carbocycles. The Morgan fingerprint density at radius 1 is 1.09 bits per heavy atom. The molecule has 2 aromatic carbocycles. The van der Waals surface area contributed by atoms with Gasteiger partial charge in [0.05, 0.1) is 11.5 Å². The summed E-state index contributed by atoms with van der Waals surface area (Å²) in [6, 6.07) is 13.4. The van der Waals surface area contributed by atoms with Crippen molar-refractivity contribution in [1.82, 2.24) is 0 Å². The summed E-state index contributed by atoms with van der Waals surface area (Å²) >= 11 is 0. The molecule has 0 aromatic heterocycles. The number of hydrogen-bond acceptors (Lipinski definition) is 5. The Morgan fingerprint density at radius 3 is 2.26 bits per heavy atom. The largest absolute Gasteiger partial charge is 0.486 e. The van der Waals surface area contributed by atoms with Crippen molar-refractivity contribution in [3.8, 4) is 11.5 Å². The van der Waals surface area contributed by atoms with Crippen molar-refractivity contribution in [2.24, 2.45) is 0 Å². The summed E-state index contributed by atoms with van der Waals surface area (Å²) in [6.45, 7) is 2.26. The lowest BCUT2D eigenvalue weighted by Crippen LogP contribution is -2.32. The number of aliphatic hydroxyl groups excluding tert-OH is 1. The highest BCUT2D eigenvalue weighted by Crippen LogP contribution is 2.30. The molecule has 0 saturated heterocycles. The first-order chi connectivity index (χ1) is 10.9. The van der Waals surface area contributed by atoms with Crippen molar-refractivity contribution in [3.05, 3.63) is 54.1 Å². The van der Waals surface area contributed by atoms with E-state index in [0.29, 0.717) is 12.4 Å². The molecule has 0 fully saturated rings. The van der Waals surface area contributed by atoms with Crippen LogP contribution >= 0.6 is 0 Å². The van der Waals surface area contributed by atoms with Gasteiger partial charge in [0.25, 0.3) is 10.1 Å². The fourth-order valence-electron chi connectivity index (χ4n) is 1.86. The first kappa shape index (κ1) is 17.3. The Balaban J connectivity index is 0.000000168. The Kier molecular flexibility index (Phi) is 5.59. The fourth-order valence-corrected chi connectivity index (χ4v) is 2.34. The fraction of sp³-hybridized carbons (Fsp3) is 0.250. The van der Waals surface area contributed by atoms with Crippen LogP contribution < -0.4 is 9.47 Å². The molecule has 23 heavy (non-hydrogen) atoms. The monoisotopic (exact) mass is 338 g/mol. The van der Waals surface area contributed by atoms with Crippen LogP contribution in [0.4, 0.5) is 0 Å². The second-order valence-corrected chi connectivity index (χ2v) is 6.39. The lowest BCUT2D eigenvalue weighted by molar-refractivity contribution is 0.0456. The van der Waals surface area contributed by atoms with Crippen molar-refractivity contribution in [2.45, 2.75) is 17.9 Å². The van der Waals surface area contributed by atoms with Crippen LogP contribution in [0, 0.1) is 6.92 Å². The van der Waals surface area contributed by atoms with E-state index in [2.05, 4.69) is 0 Å². The number of hydrogen-bond donors (Lipinski definition) is 2. The van der Waals surface area contributed by atoms with Gasteiger partial charge in [0, 0.05) is 0 Å². The minimum Gasteiger partial charge on any atom is -0.486 e. The zero-order valence-corrected chi connectivity index (χ0v) is 13.4. The number of aryl methyl sites for hydroxylation is 1. The zero-order chi connectivity index (χ0) is 16.9. The van der Waals surface area contributed by atoms with E-state index in [9.17, 15) is 8.42 Å². The highest BCUT2D eigenvalue weighted by molar-refractivity contribution is 7.85. The van der Waals surface area contributed by atoms with E-state index in [1.165, 1.54) is 12.1 Å². The van der Waals surface area contributed by atoms with E-state index >= 15 is 0 Å². The van der Waals surface area contributed by atoms with E-state index in [-0.39, 0.29) is 17.6 Å². The van der Waals surface area contributed by atoms with Crippen molar-refractivity contribution in [2.75, 3.05) is 13.2 Å². The van der Waals surface area contributed by atoms with Gasteiger partial charge in [-0.1, -0.05) is 29.8 Å². The van der Waals surface area contributed by atoms with Gasteiger partial charge in [0.1, 0.15) is 6.61 Å². The molecule has 1 aliphatic heterocycles. The molecule has 124 valence electrons. The molecule has 1 unspecified atom stereocenters. The van der Waals surface area contributed by atoms with Crippen LogP contribution in [-0.4, -0.2) is 37.4 Å². The van der Waals surface area contributed by atoms with Crippen LogP contribution in [0.3, 0.4) is 0 Å². The van der Waals surface area contributed by atoms with Gasteiger partial charge in [0.15, 0.2) is 17.6 Å². The first-order valence-electron chi connectivity index (χ1n) is 6.93. The minimum atomic E-state index is -4.02. The van der Waals surface area contributed by atoms with Gasteiger partial charge in [-0.3, -0.25) is 4.55 Å². The van der Waals surface area contributed by atoms with Gasteiger partial charge < -0.3 is 14.6 Å². The highest BCUT2D eigenvalue weighted by atomic mass is 32.2. The normalized spacial score (nSPS) is 16.2. The van der Waals surface area contributed by atoms with E-state index in [4.69, 9.17) is 19.1 Å². The van der Waals surface area contributed by atoms with Crippen molar-refractivity contribution in [1.29, 1.82) is 0 Å². The van der Waals surface area contributed by atoms with Crippen LogP contribution in [0.2, 0.25) is 0 Å². The molecule has 0 aliphatic carbocycles. The van der Waals surface area contributed by atoms with Gasteiger partial charge >= 0.3 is 0 Å². The third-order valence-electron chi connectivity index (χ3n) is 3.09. The molecule has 1 heterocycles. The molecule has 3 rings (SSSR count). The lowest BCUT2D eigenvalue weighted by Gasteiger charge is -2.24. The number of ether oxygens (including phenoxy) is 2. The topological polar surface area (TPSA) is 93.1 Å². The summed E-state index contributed by atoms with van der Waals surface area (Å²) in [4.78, 5) is -0.0666. The Labute approximate surface area is 135 Å². The van der Waals surface area contributed by atoms with Gasteiger partial charge in [-0.05, 0) is 31.2 Å². The zero-order valence-electron chi connectivity index (χ0n) is 12.5. The van der Waals surface area contributed by atoms with Crippen LogP contribution in [0.5, 0.6) is 11.5 Å². The summed E-state index contributed by atoms with van der Waals surface area (Å²) in [5.74, 6) is 1.46. The van der Waals surface area contributed by atoms with Crippen LogP contribution in [-0.2, 0) is 10.1 Å². The Bertz CT molecular complexity index is 739. The summed E-state index contributed by atoms with van der Waals surface area (Å²) in [5.41, 5.74) is 0.956. The maximum atomic E-state index is 10.5. The van der Waals surface area contributed by atoms with Crippen molar-refractivity contribution >= 4 is 10.1 Å². The molecule has 1 aliphatic rings. The predicted octanol–water partition coefficient (Wildman–Crippen LogP) is 2.06. The van der Waals surface area contributed by atoms with Crippen molar-refractivity contribution < 1.29 is 27.6 Å². The van der Waals surface area contributed by atoms with Crippen molar-refractivity contribution in [3.63, 3.8) is 0 Å². The molecule has 0 amide bonds. The lowest BCUT2D eigenvalue weighted by atomic mass is 10.2. The number of rotatable bonds is 2. The van der Waals surface area contributed by atoms with Gasteiger partial charge in [-0.2, -0.15) is 8.42 Å². The van der Waals surface area contributed by atoms with Crippen LogP contribution in [0.1, 0.15) is 5.56 Å². The average Bonchev–Trinajstić information content (AvgIpc) is 2.54. The number of benzene rings is 2. The number of para-hydroxylation sites is 2. The van der Waals surface area contributed by atoms with E-state index in [0.717, 1.165) is 11.3 Å². The molecule has 2 N–H and O–H groups in total. The minimum absolute atomic E-state index is 0.00562. The smallest absolute Gasteiger partial charge is 0.294 e. The third kappa shape index (κ3) is 4.95. The molecule has 0 radical (unpaired) electrons. The second-order valence-electron chi connectivity index (χ2n) is 4.97. The maximum Gasteiger partial charge on any atom is 0.294 e. The Morgan fingerprint density at radius 2 is 1.70 bits per heavy atom. The molecule has 0 spiro atoms. The first-order valence-corrected chi connectivity index (χ1v) is 8.37. The van der Waals surface area contributed by atoms with Crippen LogP contribution in [0.15, 0.2) is 53.4 Å². The van der Waals surface area contributed by atoms with E-state index < -0.39 is 10.1 Å². The third-order valence-corrected chi connectivity index (χ3v) is 3.96. The standard InChI is InChI=1S/C9H10O3.C7H8O3S/c10-5-7-6-11-8-3-1-2-4-9(8)12-7;1-6-2-4-7(5-3-6)11(8,9)10/h1-4,7,10H,5-6H2;2-5H,1H3,(H,8,9,10). The molecule has 0 bridgehead atoms. The van der Waals surface area contributed by atoms with E-state index in [1.807, 2.05) is 31.2 Å². The highest BCUT2D eigenvalue weighted by Gasteiger charge is 2.18. The maximum absolute atomic E-state index is 10.5. The van der Waals surface area contributed by atoms with Gasteiger partial charge in [0.2, 0.25) is 0 Å². The molecular weight excluding hydrogens is 320 g/mol. The van der Waals surface area contributed by atoms with Crippen LogP contribution in [0.25, 0.3) is 0 Å². The summed E-state index contributed by atoms with van der Waals surface area (Å²) in [5, 5.41) is 8.81. The predicted molar refractivity (Wildman–Crippen MR) is 84.4 cm³/mol. The molecular formula is C16H18O6S. The second kappa shape index (κ2) is 7.45. The SMILES string of the molecule is Cc1ccc(S(=O)(=O)O)cc1.OCC1COc2ccccc2O1. The van der Waals surface area contributed by atoms with Gasteiger partial charge in [-0.25, -0.2) is 0 Å². The molecule has 1 atom stereocenters. The number of aliphatic hydroxyl groups is 1. The summed E-state index contributed by atoms with van der Waals surface area (Å²) in [6.07, 6.45) is -0.222. The quantitative estimate of drug-likeness (QED) is 0.814. The Hall–Kier alpha value is -2.09. The summed E-state index contributed by atoms with van der Waals surface area (Å²) in [7, 11) is -4.02. The van der Waals surface area contributed by atoms with E-state index in [1.54, 1.807) is 12.1 Å². The number of fused-ring (bicyclic) bond motifs is 1. The molecule has 2 aromatic rings. The summed E-state index contributed by atoms with van der Waals surface area (Å²) < 4.78 is 40.3. The average molecular weight is 338 g/mol. The molecule has 7 heteroatoms. The van der Waals surface area contributed by atoms with Gasteiger partial charge in [-0.15, -0.1) is 0 Å². The molecule has 6 nitrogen and oxygen atoms in total.